The highest BCUT2D eigenvalue weighted by Gasteiger charge is 2.13. The monoisotopic (exact) mass is 276 g/mol. The molecular formula is C14H13ClN2O2. The van der Waals surface area contributed by atoms with Crippen molar-refractivity contribution in [2.45, 2.75) is 13.1 Å². The summed E-state index contributed by atoms with van der Waals surface area (Å²) in [6.45, 7) is 1.10. The Balaban J connectivity index is 2.02. The molecule has 0 aliphatic heterocycles. The van der Waals surface area contributed by atoms with Crippen LogP contribution in [0.5, 0.6) is 0 Å². The number of rotatable bonds is 5. The van der Waals surface area contributed by atoms with Crippen molar-refractivity contribution >= 4 is 17.3 Å². The zero-order chi connectivity index (χ0) is 13.7. The molecule has 0 saturated carbocycles. The van der Waals surface area contributed by atoms with Crippen LogP contribution in [0.2, 0.25) is 5.02 Å². The minimum absolute atomic E-state index is 0.0491. The van der Waals surface area contributed by atoms with Crippen LogP contribution in [0.3, 0.4) is 0 Å². The van der Waals surface area contributed by atoms with Gasteiger partial charge in [-0.3, -0.25) is 10.1 Å². The minimum Gasteiger partial charge on any atom is -0.308 e. The van der Waals surface area contributed by atoms with Gasteiger partial charge in [-0.25, -0.2) is 0 Å². The minimum atomic E-state index is -0.411. The molecule has 0 atom stereocenters. The SMILES string of the molecule is O=[N+]([O-])c1cc(Cl)ccc1CNCc1ccccc1. The van der Waals surface area contributed by atoms with E-state index >= 15 is 0 Å². The van der Waals surface area contributed by atoms with Gasteiger partial charge in [0, 0.05) is 29.7 Å². The summed E-state index contributed by atoms with van der Waals surface area (Å²) in [7, 11) is 0. The lowest BCUT2D eigenvalue weighted by Gasteiger charge is -2.06. The van der Waals surface area contributed by atoms with Crippen LogP contribution in [0.1, 0.15) is 11.1 Å². The van der Waals surface area contributed by atoms with Crippen LogP contribution in [0.4, 0.5) is 5.69 Å². The van der Waals surface area contributed by atoms with E-state index in [4.69, 9.17) is 11.6 Å². The number of hydrogen-bond acceptors (Lipinski definition) is 3. The Morgan fingerprint density at radius 1 is 1.11 bits per heavy atom. The molecule has 0 bridgehead atoms. The highest BCUT2D eigenvalue weighted by atomic mass is 35.5. The van der Waals surface area contributed by atoms with Crippen LogP contribution in [-0.4, -0.2) is 4.92 Å². The number of nitro groups is 1. The second-order valence-electron chi connectivity index (χ2n) is 4.12. The van der Waals surface area contributed by atoms with Crippen molar-refractivity contribution in [3.63, 3.8) is 0 Å². The molecule has 0 aromatic heterocycles. The van der Waals surface area contributed by atoms with Crippen molar-refractivity contribution in [2.24, 2.45) is 0 Å². The first-order chi connectivity index (χ1) is 9.16. The summed E-state index contributed by atoms with van der Waals surface area (Å²) in [5.74, 6) is 0. The lowest BCUT2D eigenvalue weighted by atomic mass is 10.1. The van der Waals surface area contributed by atoms with Crippen molar-refractivity contribution in [3.8, 4) is 0 Å². The molecule has 0 heterocycles. The molecule has 0 saturated heterocycles. The second kappa shape index (κ2) is 6.31. The maximum atomic E-state index is 10.9. The predicted molar refractivity (Wildman–Crippen MR) is 75.1 cm³/mol. The molecule has 0 radical (unpaired) electrons. The van der Waals surface area contributed by atoms with Crippen molar-refractivity contribution in [3.05, 3.63) is 74.8 Å². The third kappa shape index (κ3) is 3.77. The van der Waals surface area contributed by atoms with E-state index in [1.54, 1.807) is 12.1 Å². The number of hydrogen-bond donors (Lipinski definition) is 1. The lowest BCUT2D eigenvalue weighted by molar-refractivity contribution is -0.385. The summed E-state index contributed by atoms with van der Waals surface area (Å²) in [5.41, 5.74) is 1.82. The van der Waals surface area contributed by atoms with Crippen LogP contribution >= 0.6 is 11.6 Å². The topological polar surface area (TPSA) is 55.2 Å². The first-order valence-electron chi connectivity index (χ1n) is 5.84. The van der Waals surface area contributed by atoms with Crippen molar-refractivity contribution < 1.29 is 4.92 Å². The van der Waals surface area contributed by atoms with Crippen LogP contribution in [-0.2, 0) is 13.1 Å². The maximum absolute atomic E-state index is 10.9. The number of nitrogens with zero attached hydrogens (tertiary/aromatic N) is 1. The Morgan fingerprint density at radius 2 is 1.84 bits per heavy atom. The number of halogens is 1. The molecule has 0 aliphatic rings. The van der Waals surface area contributed by atoms with E-state index in [2.05, 4.69) is 5.32 Å². The lowest BCUT2D eigenvalue weighted by Crippen LogP contribution is -2.13. The third-order valence-electron chi connectivity index (χ3n) is 2.73. The molecule has 4 nitrogen and oxygen atoms in total. The second-order valence-corrected chi connectivity index (χ2v) is 4.56. The Morgan fingerprint density at radius 3 is 2.53 bits per heavy atom. The molecule has 5 heteroatoms. The molecule has 2 aromatic rings. The normalized spacial score (nSPS) is 10.4. The average molecular weight is 277 g/mol. The maximum Gasteiger partial charge on any atom is 0.275 e. The Hall–Kier alpha value is -1.91. The predicted octanol–water partition coefficient (Wildman–Crippen LogP) is 3.54. The van der Waals surface area contributed by atoms with Crippen LogP contribution < -0.4 is 5.32 Å². The van der Waals surface area contributed by atoms with Crippen molar-refractivity contribution in [1.29, 1.82) is 0 Å². The summed E-state index contributed by atoms with van der Waals surface area (Å²) in [4.78, 5) is 10.5. The zero-order valence-corrected chi connectivity index (χ0v) is 10.9. The van der Waals surface area contributed by atoms with E-state index in [0.29, 0.717) is 23.7 Å². The van der Waals surface area contributed by atoms with E-state index in [0.717, 1.165) is 5.56 Å². The van der Waals surface area contributed by atoms with Crippen molar-refractivity contribution in [1.82, 2.24) is 5.32 Å². The van der Waals surface area contributed by atoms with Gasteiger partial charge in [0.2, 0.25) is 0 Å². The van der Waals surface area contributed by atoms with Gasteiger partial charge in [0.25, 0.3) is 5.69 Å². The molecule has 0 fully saturated rings. The van der Waals surface area contributed by atoms with E-state index in [1.165, 1.54) is 6.07 Å². The van der Waals surface area contributed by atoms with Gasteiger partial charge in [-0.1, -0.05) is 41.9 Å². The van der Waals surface area contributed by atoms with Gasteiger partial charge in [0.15, 0.2) is 0 Å². The quantitative estimate of drug-likeness (QED) is 0.671. The molecule has 0 aliphatic carbocycles. The first kappa shape index (κ1) is 13.5. The van der Waals surface area contributed by atoms with Crippen LogP contribution in [0.25, 0.3) is 0 Å². The van der Waals surface area contributed by atoms with Gasteiger partial charge >= 0.3 is 0 Å². The molecule has 1 N–H and O–H groups in total. The number of nitrogens with one attached hydrogen (secondary N) is 1. The molecule has 98 valence electrons. The fourth-order valence-corrected chi connectivity index (χ4v) is 1.96. The molecule has 2 rings (SSSR count). The highest BCUT2D eigenvalue weighted by Crippen LogP contribution is 2.23. The molecule has 19 heavy (non-hydrogen) atoms. The number of benzene rings is 2. The summed E-state index contributed by atoms with van der Waals surface area (Å²) in [6, 6.07) is 14.6. The van der Waals surface area contributed by atoms with Crippen LogP contribution in [0.15, 0.2) is 48.5 Å². The van der Waals surface area contributed by atoms with Gasteiger partial charge < -0.3 is 5.32 Å². The standard InChI is InChI=1S/C14H13ClN2O2/c15-13-7-6-12(14(8-13)17(18)19)10-16-9-11-4-2-1-3-5-11/h1-8,16H,9-10H2. The Labute approximate surface area is 116 Å². The summed E-state index contributed by atoms with van der Waals surface area (Å²) >= 11 is 5.77. The molecule has 0 spiro atoms. The molecule has 0 amide bonds. The van der Waals surface area contributed by atoms with Gasteiger partial charge in [0.05, 0.1) is 4.92 Å². The third-order valence-corrected chi connectivity index (χ3v) is 2.97. The molecular weight excluding hydrogens is 264 g/mol. The molecule has 2 aromatic carbocycles. The fourth-order valence-electron chi connectivity index (χ4n) is 1.79. The largest absolute Gasteiger partial charge is 0.308 e. The van der Waals surface area contributed by atoms with Gasteiger partial charge in [-0.15, -0.1) is 0 Å². The summed E-state index contributed by atoms with van der Waals surface area (Å²) in [5, 5.41) is 14.5. The van der Waals surface area contributed by atoms with Gasteiger partial charge in [0.1, 0.15) is 0 Å². The first-order valence-corrected chi connectivity index (χ1v) is 6.22. The summed E-state index contributed by atoms with van der Waals surface area (Å²) < 4.78 is 0. The zero-order valence-electron chi connectivity index (χ0n) is 10.2. The van der Waals surface area contributed by atoms with E-state index in [1.807, 2.05) is 30.3 Å². The van der Waals surface area contributed by atoms with E-state index in [-0.39, 0.29) is 5.69 Å². The van der Waals surface area contributed by atoms with Gasteiger partial charge in [-0.2, -0.15) is 0 Å². The van der Waals surface area contributed by atoms with Crippen LogP contribution in [0, 0.1) is 10.1 Å². The average Bonchev–Trinajstić information content (AvgIpc) is 2.41. The molecule has 0 unspecified atom stereocenters. The van der Waals surface area contributed by atoms with Gasteiger partial charge in [-0.05, 0) is 17.7 Å². The highest BCUT2D eigenvalue weighted by molar-refractivity contribution is 6.30. The Bertz CT molecular complexity index is 573. The fraction of sp³-hybridized carbons (Fsp3) is 0.143. The Kier molecular flexibility index (Phi) is 4.49. The number of nitro benzene ring substituents is 1. The van der Waals surface area contributed by atoms with Crippen molar-refractivity contribution in [2.75, 3.05) is 0 Å². The van der Waals surface area contributed by atoms with E-state index in [9.17, 15) is 10.1 Å². The van der Waals surface area contributed by atoms with E-state index < -0.39 is 4.92 Å². The smallest absolute Gasteiger partial charge is 0.275 e. The summed E-state index contributed by atoms with van der Waals surface area (Å²) in [6.07, 6.45) is 0.